The Morgan fingerprint density at radius 3 is 2.42 bits per heavy atom. The van der Waals surface area contributed by atoms with Gasteiger partial charge in [0.1, 0.15) is 0 Å². The number of benzene rings is 1. The maximum absolute atomic E-state index is 12.7. The van der Waals surface area contributed by atoms with Crippen LogP contribution in [-0.2, 0) is 9.84 Å². The fraction of sp³-hybridized carbons (Fsp3) is 0.467. The molecule has 0 aromatic heterocycles. The smallest absolute Gasteiger partial charge is 0.203 e. The second-order valence-electron chi connectivity index (χ2n) is 4.72. The largest absolute Gasteiger partial charge is 0.219 e. The molecule has 1 saturated heterocycles. The normalized spacial score (nSPS) is 21.3. The summed E-state index contributed by atoms with van der Waals surface area (Å²) in [4.78, 5) is 2.19. The van der Waals surface area contributed by atoms with Gasteiger partial charge in [-0.3, -0.25) is 0 Å². The summed E-state index contributed by atoms with van der Waals surface area (Å²) in [5, 5.41) is 0.422. The average molecular weight is 296 g/mol. The van der Waals surface area contributed by atoms with Gasteiger partial charge in [0, 0.05) is 10.2 Å². The first-order valence-electron chi connectivity index (χ1n) is 6.81. The number of hydrogen-bond donors (Lipinski definition) is 0. The van der Waals surface area contributed by atoms with Crippen LogP contribution in [-0.4, -0.2) is 13.7 Å². The number of allylic oxidation sites excluding steroid dienone is 1. The molecule has 1 aliphatic rings. The van der Waals surface area contributed by atoms with Crippen LogP contribution in [0.4, 0.5) is 0 Å². The lowest BCUT2D eigenvalue weighted by Crippen LogP contribution is -2.06. The lowest BCUT2D eigenvalue weighted by Gasteiger charge is -2.08. The number of sulfone groups is 1. The Bertz CT molecular complexity index is 559. The zero-order valence-corrected chi connectivity index (χ0v) is 13.1. The van der Waals surface area contributed by atoms with Crippen LogP contribution < -0.4 is 0 Å². The number of rotatable bonds is 6. The van der Waals surface area contributed by atoms with E-state index in [2.05, 4.69) is 13.8 Å². The molecule has 1 unspecified atom stereocenters. The molecule has 2 nitrogen and oxygen atoms in total. The molecular formula is C15H20O2S2. The molecule has 2 rings (SSSR count). The summed E-state index contributed by atoms with van der Waals surface area (Å²) < 4.78 is 25.4. The highest BCUT2D eigenvalue weighted by molar-refractivity contribution is 8.12. The molecule has 1 fully saturated rings. The van der Waals surface area contributed by atoms with Gasteiger partial charge >= 0.3 is 0 Å². The molecule has 1 aliphatic heterocycles. The van der Waals surface area contributed by atoms with Crippen molar-refractivity contribution in [1.29, 1.82) is 0 Å². The van der Waals surface area contributed by atoms with E-state index in [4.69, 9.17) is 0 Å². The minimum Gasteiger partial charge on any atom is -0.219 e. The van der Waals surface area contributed by atoms with Crippen molar-refractivity contribution >= 4 is 21.6 Å². The van der Waals surface area contributed by atoms with Gasteiger partial charge in [-0.05, 0) is 31.4 Å². The monoisotopic (exact) mass is 296 g/mol. The Hall–Kier alpha value is -0.740. The third kappa shape index (κ3) is 3.23. The molecule has 1 heterocycles. The quantitative estimate of drug-likeness (QED) is 0.730. The zero-order valence-electron chi connectivity index (χ0n) is 11.4. The molecule has 4 heteroatoms. The van der Waals surface area contributed by atoms with E-state index in [-0.39, 0.29) is 0 Å². The summed E-state index contributed by atoms with van der Waals surface area (Å²) in [6.07, 6.45) is 3.64. The fourth-order valence-corrected chi connectivity index (χ4v) is 5.22. The first kappa shape index (κ1) is 14.7. The highest BCUT2D eigenvalue weighted by Gasteiger charge is 2.37. The molecule has 0 amide bonds. The Morgan fingerprint density at radius 1 is 1.21 bits per heavy atom. The molecule has 104 valence electrons. The van der Waals surface area contributed by atoms with Crippen LogP contribution in [0.15, 0.2) is 45.0 Å². The highest BCUT2D eigenvalue weighted by Crippen LogP contribution is 2.52. The predicted octanol–water partition coefficient (Wildman–Crippen LogP) is 4.39. The molecule has 0 radical (unpaired) electrons. The van der Waals surface area contributed by atoms with Crippen LogP contribution in [0.25, 0.3) is 0 Å². The van der Waals surface area contributed by atoms with E-state index >= 15 is 0 Å². The van der Waals surface area contributed by atoms with Crippen molar-refractivity contribution in [2.75, 3.05) is 0 Å². The first-order valence-corrected chi connectivity index (χ1v) is 9.17. The molecule has 0 bridgehead atoms. The third-order valence-electron chi connectivity index (χ3n) is 3.29. The SMILES string of the molecule is CCCC/C(=C1\SC1CC)S(=O)(=O)c1ccccc1. The predicted molar refractivity (Wildman–Crippen MR) is 81.8 cm³/mol. The van der Waals surface area contributed by atoms with Crippen molar-refractivity contribution in [3.63, 3.8) is 0 Å². The van der Waals surface area contributed by atoms with Gasteiger partial charge in [0.25, 0.3) is 0 Å². The van der Waals surface area contributed by atoms with Crippen molar-refractivity contribution in [2.24, 2.45) is 0 Å². The van der Waals surface area contributed by atoms with Crippen molar-refractivity contribution in [1.82, 2.24) is 0 Å². The zero-order chi connectivity index (χ0) is 13.9. The van der Waals surface area contributed by atoms with Crippen LogP contribution in [0.2, 0.25) is 0 Å². The Labute approximate surface area is 120 Å². The molecule has 0 saturated carbocycles. The maximum atomic E-state index is 12.7. The average Bonchev–Trinajstić information content (AvgIpc) is 3.19. The Kier molecular flexibility index (Phi) is 4.74. The van der Waals surface area contributed by atoms with Crippen LogP contribution in [0, 0.1) is 0 Å². The summed E-state index contributed by atoms with van der Waals surface area (Å²) in [6.45, 7) is 4.20. The number of hydrogen-bond acceptors (Lipinski definition) is 3. The number of thioether (sulfide) groups is 1. The van der Waals surface area contributed by atoms with Gasteiger partial charge in [-0.25, -0.2) is 8.42 Å². The van der Waals surface area contributed by atoms with Gasteiger partial charge in [0.15, 0.2) is 0 Å². The third-order valence-corrected chi connectivity index (χ3v) is 6.76. The summed E-state index contributed by atoms with van der Waals surface area (Å²) in [6, 6.07) is 8.79. The van der Waals surface area contributed by atoms with Gasteiger partial charge in [-0.2, -0.15) is 0 Å². The second kappa shape index (κ2) is 6.14. The fourth-order valence-electron chi connectivity index (χ4n) is 2.10. The lowest BCUT2D eigenvalue weighted by molar-refractivity contribution is 0.598. The molecule has 19 heavy (non-hydrogen) atoms. The Morgan fingerprint density at radius 2 is 1.89 bits per heavy atom. The minimum atomic E-state index is -3.29. The molecule has 1 aromatic rings. The van der Waals surface area contributed by atoms with Gasteiger partial charge in [0.05, 0.1) is 9.80 Å². The van der Waals surface area contributed by atoms with E-state index in [1.165, 1.54) is 0 Å². The van der Waals surface area contributed by atoms with Gasteiger partial charge in [0.2, 0.25) is 9.84 Å². The topological polar surface area (TPSA) is 34.1 Å². The lowest BCUT2D eigenvalue weighted by atomic mass is 10.2. The van der Waals surface area contributed by atoms with E-state index in [0.717, 1.165) is 24.2 Å². The summed E-state index contributed by atoms with van der Waals surface area (Å²) in [5.74, 6) is 0. The second-order valence-corrected chi connectivity index (χ2v) is 7.94. The van der Waals surface area contributed by atoms with Crippen LogP contribution >= 0.6 is 11.8 Å². The van der Waals surface area contributed by atoms with Crippen LogP contribution in [0.3, 0.4) is 0 Å². The van der Waals surface area contributed by atoms with E-state index in [0.29, 0.717) is 21.5 Å². The standard InChI is InChI=1S/C15H20O2S2/c1-3-5-11-14(15-13(4-2)18-15)19(16,17)12-9-7-6-8-10-12/h6-10,13H,3-5,11H2,1-2H3/b15-14+. The van der Waals surface area contributed by atoms with E-state index < -0.39 is 9.84 Å². The van der Waals surface area contributed by atoms with Crippen LogP contribution in [0.1, 0.15) is 39.5 Å². The van der Waals surface area contributed by atoms with Gasteiger partial charge < -0.3 is 0 Å². The molecule has 1 aromatic carbocycles. The van der Waals surface area contributed by atoms with Gasteiger partial charge in [-0.1, -0.05) is 38.5 Å². The Balaban J connectivity index is 2.37. The summed E-state index contributed by atoms with van der Waals surface area (Å²) in [7, 11) is -3.29. The summed E-state index contributed by atoms with van der Waals surface area (Å²) >= 11 is 1.72. The van der Waals surface area contributed by atoms with E-state index in [1.807, 2.05) is 6.07 Å². The van der Waals surface area contributed by atoms with Crippen molar-refractivity contribution in [3.05, 3.63) is 40.1 Å². The molecule has 0 spiro atoms. The van der Waals surface area contributed by atoms with Crippen molar-refractivity contribution in [3.8, 4) is 0 Å². The first-order chi connectivity index (χ1) is 9.11. The minimum absolute atomic E-state index is 0.422. The molecule has 0 aliphatic carbocycles. The van der Waals surface area contributed by atoms with Crippen molar-refractivity contribution in [2.45, 2.75) is 49.7 Å². The van der Waals surface area contributed by atoms with E-state index in [9.17, 15) is 8.42 Å². The number of unbranched alkanes of at least 4 members (excludes halogenated alkanes) is 1. The van der Waals surface area contributed by atoms with E-state index in [1.54, 1.807) is 36.0 Å². The molecular weight excluding hydrogens is 276 g/mol. The molecule has 1 atom stereocenters. The summed E-state index contributed by atoms with van der Waals surface area (Å²) in [5.41, 5.74) is 0. The van der Waals surface area contributed by atoms with Crippen molar-refractivity contribution < 1.29 is 8.42 Å². The maximum Gasteiger partial charge on any atom is 0.203 e. The van der Waals surface area contributed by atoms with Gasteiger partial charge in [-0.15, -0.1) is 11.8 Å². The highest BCUT2D eigenvalue weighted by atomic mass is 32.2. The molecule has 0 N–H and O–H groups in total. The van der Waals surface area contributed by atoms with Crippen LogP contribution in [0.5, 0.6) is 0 Å².